The number of ether oxygens (including phenoxy) is 6. The highest BCUT2D eigenvalue weighted by Crippen LogP contribution is 2.44. The minimum atomic E-state index is -1.33. The average Bonchev–Trinajstić information content (AvgIpc) is 1.60. The molecule has 4 heterocycles. The van der Waals surface area contributed by atoms with Gasteiger partial charge in [0.2, 0.25) is 0 Å². The van der Waals surface area contributed by atoms with Crippen LogP contribution in [0.3, 0.4) is 0 Å². The van der Waals surface area contributed by atoms with Gasteiger partial charge in [0.25, 0.3) is 44.5 Å². The molecule has 2 aliphatic carbocycles. The van der Waals surface area contributed by atoms with Crippen LogP contribution in [0.2, 0.25) is 0 Å². The normalized spacial score (nSPS) is 19.5. The van der Waals surface area contributed by atoms with E-state index >= 15 is 0 Å². The Hall–Kier alpha value is -8.21. The Morgan fingerprint density at radius 1 is 0.511 bits per heavy atom. The molecule has 23 heteroatoms. The van der Waals surface area contributed by atoms with E-state index in [2.05, 4.69) is 13.2 Å². The maximum absolute atomic E-state index is 14.1. The molecule has 496 valence electrons. The molecule has 2 aliphatic rings. The largest absolute Gasteiger partial charge is 0.467 e. The zero-order chi connectivity index (χ0) is 67.1. The van der Waals surface area contributed by atoms with Crippen LogP contribution in [-0.4, -0.2) is 94.4 Å². The standard InChI is InChI=1S/C69H86N4O19/c1-11-27-89-53(64(83)87-9)37-68(5,6)66(85)90-28-19-15-13-17-25-70-56(75)43-33-47-48(34-44(43)57(70)76)61(80)72(60(47)79)51-23-21-41(30-39(51)3)32-42-22-24-52(40(4)31-42)73-62(81)49-35-45-46(36-50(49)63(73)82)59(78)71(58(45)77)26-18-14-16-20-29-91-67(86)69(7,8)38-54(65(84)88-10)92-55(74)12-2/h11-12,33-36,39-42,51-54H,1-2,13-32,37-38H2,3-10H3. The highest BCUT2D eigenvalue weighted by atomic mass is 16.6. The van der Waals surface area contributed by atoms with Gasteiger partial charge in [-0.2, -0.15) is 0 Å². The quantitative estimate of drug-likeness (QED) is 0.0136. The van der Waals surface area contributed by atoms with Crippen molar-refractivity contribution >= 4 is 72.9 Å². The molecule has 2 fully saturated rings. The van der Waals surface area contributed by atoms with Gasteiger partial charge in [0.15, 0.2) is 12.2 Å². The first-order chi connectivity index (χ1) is 43.7. The third-order valence-corrected chi connectivity index (χ3v) is 19.1. The zero-order valence-corrected chi connectivity index (χ0v) is 54.1. The van der Waals surface area contributed by atoms with Crippen LogP contribution in [0.5, 0.6) is 0 Å². The molecule has 23 nitrogen and oxygen atoms in total. The van der Waals surface area contributed by atoms with Crippen molar-refractivity contribution in [2.45, 2.75) is 188 Å². The predicted molar refractivity (Wildman–Crippen MR) is 345 cm³/mol. The molecule has 0 saturated heterocycles. The summed E-state index contributed by atoms with van der Waals surface area (Å²) in [7, 11) is 2.38. The lowest BCUT2D eigenvalue weighted by molar-refractivity contribution is -0.169. The first-order valence-electron chi connectivity index (χ1n) is 32.1. The topological polar surface area (TPSA) is 297 Å². The Labute approximate surface area is 530 Å². The summed E-state index contributed by atoms with van der Waals surface area (Å²) in [5, 5.41) is 0.748. The summed E-state index contributed by atoms with van der Waals surface area (Å²) in [5.41, 5.74) is -6.31. The molecule has 6 aromatic rings. The van der Waals surface area contributed by atoms with E-state index < -0.39 is 97.4 Å². The molecular formula is C69H86N4O19. The summed E-state index contributed by atoms with van der Waals surface area (Å²) in [6, 6.07) is 4.79. The second-order valence-corrected chi connectivity index (χ2v) is 26.6. The molecule has 0 bridgehead atoms. The van der Waals surface area contributed by atoms with E-state index in [0.29, 0.717) is 76.0 Å². The van der Waals surface area contributed by atoms with Gasteiger partial charge in [-0.1, -0.05) is 39.3 Å². The van der Waals surface area contributed by atoms with Gasteiger partial charge in [0.1, 0.15) is 0 Å². The Morgan fingerprint density at radius 2 is 0.859 bits per heavy atom. The van der Waals surface area contributed by atoms with E-state index in [0.717, 1.165) is 54.4 Å². The third kappa shape index (κ3) is 14.8. The van der Waals surface area contributed by atoms with E-state index in [9.17, 15) is 62.3 Å². The molecule has 0 aliphatic heterocycles. The number of benzene rings is 2. The van der Waals surface area contributed by atoms with Crippen molar-refractivity contribution in [1.82, 2.24) is 18.3 Å². The molecule has 8 unspecified atom stereocenters. The number of methoxy groups -OCH3 is 2. The lowest BCUT2D eigenvalue weighted by Gasteiger charge is -2.39. The van der Waals surface area contributed by atoms with Crippen LogP contribution in [0.4, 0.5) is 0 Å². The van der Waals surface area contributed by atoms with Gasteiger partial charge in [0, 0.05) is 37.7 Å². The monoisotopic (exact) mass is 1270 g/mol. The van der Waals surface area contributed by atoms with Gasteiger partial charge in [-0.3, -0.25) is 66.2 Å². The number of carbonyl (C=O) groups is 5. The van der Waals surface area contributed by atoms with Crippen molar-refractivity contribution in [2.24, 2.45) is 34.5 Å². The third-order valence-electron chi connectivity index (χ3n) is 19.1. The number of carbonyl (C=O) groups excluding carboxylic acids is 5. The fourth-order valence-corrected chi connectivity index (χ4v) is 14.0. The van der Waals surface area contributed by atoms with Crippen LogP contribution < -0.4 is 44.5 Å². The average molecular weight is 1280 g/mol. The predicted octanol–water partition coefficient (Wildman–Crippen LogP) is 7.24. The van der Waals surface area contributed by atoms with E-state index in [1.165, 1.54) is 46.6 Å². The molecule has 8 atom stereocenters. The van der Waals surface area contributed by atoms with E-state index in [1.54, 1.807) is 27.7 Å². The highest BCUT2D eigenvalue weighted by Gasteiger charge is 2.40. The van der Waals surface area contributed by atoms with Crippen molar-refractivity contribution in [3.63, 3.8) is 0 Å². The van der Waals surface area contributed by atoms with Crippen molar-refractivity contribution in [1.29, 1.82) is 0 Å². The number of hydrogen-bond donors (Lipinski definition) is 0. The minimum absolute atomic E-state index is 0.0360. The summed E-state index contributed by atoms with van der Waals surface area (Å²) < 4.78 is 35.9. The lowest BCUT2D eigenvalue weighted by Crippen LogP contribution is -2.38. The summed E-state index contributed by atoms with van der Waals surface area (Å²) in [4.78, 5) is 173. The van der Waals surface area contributed by atoms with Gasteiger partial charge in [0.05, 0.1) is 88.0 Å². The van der Waals surface area contributed by atoms with Crippen molar-refractivity contribution in [2.75, 3.05) is 34.0 Å². The minimum Gasteiger partial charge on any atom is -0.467 e. The first-order valence-corrected chi connectivity index (χ1v) is 32.1. The molecule has 92 heavy (non-hydrogen) atoms. The maximum atomic E-state index is 14.1. The van der Waals surface area contributed by atoms with Crippen molar-refractivity contribution < 1.29 is 52.4 Å². The fourth-order valence-electron chi connectivity index (χ4n) is 14.0. The second kappa shape index (κ2) is 29.6. The number of esters is 5. The SMILES string of the molecule is C=CCOC(CC(C)(C)C(=O)OCCCCCCn1c(=O)c2cc3c(=O)n(C4CCC(CC5CCC(n6c(=O)c7cc8c(=O)n(CCCCCCOC(=O)C(C)(C)CC(OC(=O)C=C)C(=O)OC)c(=O)c8cc7c6=O)C(C)C5)CC4C)c(=O)c3cc2c1=O)C(=O)OC. The van der Waals surface area contributed by atoms with Crippen LogP contribution in [-0.2, 0) is 65.5 Å². The highest BCUT2D eigenvalue weighted by molar-refractivity contribution is 5.99. The van der Waals surface area contributed by atoms with Crippen LogP contribution in [0, 0.1) is 34.5 Å². The number of fused-ring (bicyclic) bond motifs is 4. The Balaban J connectivity index is 0.803. The summed E-state index contributed by atoms with van der Waals surface area (Å²) in [6.07, 6.45) is 9.55. The molecule has 0 N–H and O–H groups in total. The summed E-state index contributed by atoms with van der Waals surface area (Å²) in [5.74, 6) is -2.82. The van der Waals surface area contributed by atoms with Gasteiger partial charge in [-0.25, -0.2) is 14.4 Å². The van der Waals surface area contributed by atoms with Crippen molar-refractivity contribution in [3.8, 4) is 0 Å². The summed E-state index contributed by atoms with van der Waals surface area (Å²) in [6.45, 7) is 18.0. The molecule has 2 aromatic carbocycles. The Bertz CT molecular complexity index is 4060. The molecule has 4 aromatic heterocycles. The summed E-state index contributed by atoms with van der Waals surface area (Å²) >= 11 is 0. The van der Waals surface area contributed by atoms with Gasteiger partial charge in [-0.05, 0) is 166 Å². The molecule has 0 radical (unpaired) electrons. The molecule has 8 rings (SSSR count). The lowest BCUT2D eigenvalue weighted by atomic mass is 9.70. The van der Waals surface area contributed by atoms with Crippen LogP contribution >= 0.6 is 0 Å². The van der Waals surface area contributed by atoms with Gasteiger partial charge >= 0.3 is 29.8 Å². The van der Waals surface area contributed by atoms with Crippen LogP contribution in [0.15, 0.2) is 87.9 Å². The number of rotatable bonds is 31. The second-order valence-electron chi connectivity index (χ2n) is 26.6. The molecule has 2 saturated carbocycles. The first kappa shape index (κ1) is 69.7. The maximum Gasteiger partial charge on any atom is 0.347 e. The zero-order valence-electron chi connectivity index (χ0n) is 54.1. The smallest absolute Gasteiger partial charge is 0.347 e. The van der Waals surface area contributed by atoms with Gasteiger partial charge in [-0.15, -0.1) is 6.58 Å². The van der Waals surface area contributed by atoms with Crippen LogP contribution in [0.25, 0.3) is 43.1 Å². The van der Waals surface area contributed by atoms with E-state index in [4.69, 9.17) is 28.4 Å². The van der Waals surface area contributed by atoms with Crippen LogP contribution in [0.1, 0.15) is 163 Å². The molecule has 0 amide bonds. The van der Waals surface area contributed by atoms with E-state index in [-0.39, 0.29) is 113 Å². The van der Waals surface area contributed by atoms with Crippen molar-refractivity contribution in [3.05, 3.63) is 132 Å². The number of hydrogen-bond acceptors (Lipinski definition) is 19. The number of unbranched alkanes of at least 4 members (excludes halogenated alkanes) is 6. The van der Waals surface area contributed by atoms with E-state index in [1.807, 2.05) is 13.8 Å². The number of nitrogens with zero attached hydrogens (tertiary/aromatic N) is 4. The Morgan fingerprint density at radius 3 is 1.21 bits per heavy atom. The number of aromatic nitrogens is 4. The Kier molecular flexibility index (Phi) is 22.4. The van der Waals surface area contributed by atoms with Gasteiger partial charge < -0.3 is 28.4 Å². The molecular weight excluding hydrogens is 1190 g/mol. The fraction of sp³-hybridized carbons (Fsp3) is 0.580. The molecule has 0 spiro atoms.